The largest absolute Gasteiger partial charge is 0.342 e. The van der Waals surface area contributed by atoms with Gasteiger partial charge in [0.25, 0.3) is 0 Å². The number of hydrogen-bond acceptors (Lipinski definition) is 2. The second-order valence-electron chi connectivity index (χ2n) is 6.25. The minimum absolute atomic E-state index is 0. The summed E-state index contributed by atoms with van der Waals surface area (Å²) in [6, 6.07) is 10.7. The summed E-state index contributed by atoms with van der Waals surface area (Å²) in [6.45, 7) is 4.66. The Morgan fingerprint density at radius 1 is 1.27 bits per heavy atom. The third-order valence-corrected chi connectivity index (χ3v) is 4.54. The molecule has 0 spiro atoms. The van der Waals surface area contributed by atoms with Crippen LogP contribution in [-0.2, 0) is 11.2 Å². The predicted octanol–water partition coefficient (Wildman–Crippen LogP) is 3.14. The third kappa shape index (κ3) is 5.62. The second-order valence-corrected chi connectivity index (χ2v) is 6.25. The molecule has 22 heavy (non-hydrogen) atoms. The van der Waals surface area contributed by atoms with E-state index >= 15 is 0 Å². The maximum absolute atomic E-state index is 12.3. The molecule has 1 N–H and O–H groups in total. The number of benzene rings is 1. The van der Waals surface area contributed by atoms with Crippen molar-refractivity contribution in [1.29, 1.82) is 0 Å². The lowest BCUT2D eigenvalue weighted by molar-refractivity contribution is -0.136. The van der Waals surface area contributed by atoms with E-state index in [9.17, 15) is 4.79 Å². The van der Waals surface area contributed by atoms with E-state index in [4.69, 9.17) is 0 Å². The molecule has 0 saturated carbocycles. The van der Waals surface area contributed by atoms with E-state index < -0.39 is 0 Å². The first kappa shape index (κ1) is 19.0. The molecule has 1 heterocycles. The summed E-state index contributed by atoms with van der Waals surface area (Å²) < 4.78 is 0. The molecule has 0 radical (unpaired) electrons. The second kappa shape index (κ2) is 9.86. The average Bonchev–Trinajstić information content (AvgIpc) is 2.54. The topological polar surface area (TPSA) is 32.3 Å². The van der Waals surface area contributed by atoms with Crippen LogP contribution >= 0.6 is 12.4 Å². The number of likely N-dealkylation sites (tertiary alicyclic amines) is 1. The number of rotatable bonds is 6. The van der Waals surface area contributed by atoms with Gasteiger partial charge in [0.15, 0.2) is 0 Å². The number of hydrogen-bond donors (Lipinski definition) is 1. The highest BCUT2D eigenvalue weighted by Gasteiger charge is 2.25. The van der Waals surface area contributed by atoms with Gasteiger partial charge >= 0.3 is 0 Å². The Balaban J connectivity index is 0.00000242. The van der Waals surface area contributed by atoms with Gasteiger partial charge in [0.2, 0.25) is 5.91 Å². The molecule has 1 amide bonds. The first-order valence-corrected chi connectivity index (χ1v) is 8.18. The molecule has 1 fully saturated rings. The molecule has 1 aromatic carbocycles. The van der Waals surface area contributed by atoms with Crippen molar-refractivity contribution >= 4 is 18.3 Å². The van der Waals surface area contributed by atoms with Gasteiger partial charge in [0.05, 0.1) is 0 Å². The Morgan fingerprint density at radius 2 is 1.91 bits per heavy atom. The van der Waals surface area contributed by atoms with Gasteiger partial charge in [-0.3, -0.25) is 4.79 Å². The van der Waals surface area contributed by atoms with E-state index in [1.807, 2.05) is 14.0 Å². The molecule has 1 aliphatic rings. The Bertz CT molecular complexity index is 430. The fraction of sp³-hybridized carbons (Fsp3) is 0.611. The van der Waals surface area contributed by atoms with E-state index in [1.165, 1.54) is 12.0 Å². The van der Waals surface area contributed by atoms with E-state index in [0.29, 0.717) is 5.91 Å². The first-order chi connectivity index (χ1) is 10.2. The third-order valence-electron chi connectivity index (χ3n) is 4.54. The van der Waals surface area contributed by atoms with Crippen LogP contribution in [0.4, 0.5) is 0 Å². The molecule has 1 aliphatic heterocycles. The van der Waals surface area contributed by atoms with Gasteiger partial charge in [-0.25, -0.2) is 0 Å². The minimum atomic E-state index is 0. The molecule has 3 nitrogen and oxygen atoms in total. The van der Waals surface area contributed by atoms with Gasteiger partial charge in [-0.15, -0.1) is 12.4 Å². The maximum atomic E-state index is 12.3. The van der Waals surface area contributed by atoms with Gasteiger partial charge in [0.1, 0.15) is 0 Å². The molecule has 1 saturated heterocycles. The van der Waals surface area contributed by atoms with Crippen LogP contribution in [0.1, 0.15) is 31.7 Å². The molecule has 1 aromatic rings. The number of piperidine rings is 1. The van der Waals surface area contributed by atoms with Crippen LogP contribution in [0.2, 0.25) is 0 Å². The zero-order valence-corrected chi connectivity index (χ0v) is 14.6. The van der Waals surface area contributed by atoms with E-state index in [2.05, 4.69) is 40.5 Å². The predicted molar refractivity (Wildman–Crippen MR) is 94.4 cm³/mol. The zero-order valence-electron chi connectivity index (χ0n) is 13.8. The van der Waals surface area contributed by atoms with Crippen LogP contribution in [0.5, 0.6) is 0 Å². The van der Waals surface area contributed by atoms with Crippen molar-refractivity contribution in [2.75, 3.05) is 26.7 Å². The number of aryl methyl sites for hydroxylation is 1. The Morgan fingerprint density at radius 3 is 2.50 bits per heavy atom. The molecule has 1 unspecified atom stereocenters. The lowest BCUT2D eigenvalue weighted by atomic mass is 9.90. The van der Waals surface area contributed by atoms with E-state index in [1.54, 1.807) is 0 Å². The summed E-state index contributed by atoms with van der Waals surface area (Å²) >= 11 is 0. The standard InChI is InChI=1S/C18H28N2O.ClH/c1-15(14-19-2)18(21)20-12-10-17(11-13-20)9-8-16-6-4-3-5-7-16;/h3-7,15,17,19H,8-14H2,1-2H3;1H. The fourth-order valence-electron chi connectivity index (χ4n) is 3.16. The normalized spacial score (nSPS) is 16.9. The summed E-state index contributed by atoms with van der Waals surface area (Å²) in [7, 11) is 1.90. The van der Waals surface area contributed by atoms with Gasteiger partial charge in [0, 0.05) is 25.6 Å². The SMILES string of the molecule is CNCC(C)C(=O)N1CCC(CCc2ccccc2)CC1.Cl. The highest BCUT2D eigenvalue weighted by Crippen LogP contribution is 2.23. The summed E-state index contributed by atoms with van der Waals surface area (Å²) in [6.07, 6.45) is 4.73. The van der Waals surface area contributed by atoms with Crippen molar-refractivity contribution in [2.24, 2.45) is 11.8 Å². The molecule has 0 bridgehead atoms. The lowest BCUT2D eigenvalue weighted by Crippen LogP contribution is -2.43. The van der Waals surface area contributed by atoms with Crippen LogP contribution in [0.15, 0.2) is 30.3 Å². The highest BCUT2D eigenvalue weighted by molar-refractivity contribution is 5.85. The van der Waals surface area contributed by atoms with Crippen LogP contribution in [0, 0.1) is 11.8 Å². The molecular formula is C18H29ClN2O. The van der Waals surface area contributed by atoms with Gasteiger partial charge in [-0.05, 0) is 44.2 Å². The Labute approximate surface area is 140 Å². The minimum Gasteiger partial charge on any atom is -0.342 e. The van der Waals surface area contributed by atoms with Crippen LogP contribution in [0.25, 0.3) is 0 Å². The van der Waals surface area contributed by atoms with Crippen LogP contribution in [0.3, 0.4) is 0 Å². The molecule has 1 atom stereocenters. The zero-order chi connectivity index (χ0) is 15.1. The molecular weight excluding hydrogens is 296 g/mol. The summed E-state index contributed by atoms with van der Waals surface area (Å²) in [5.41, 5.74) is 1.43. The Hall–Kier alpha value is -1.06. The summed E-state index contributed by atoms with van der Waals surface area (Å²) in [5, 5.41) is 3.09. The molecule has 0 aliphatic carbocycles. The van der Waals surface area contributed by atoms with Crippen molar-refractivity contribution < 1.29 is 4.79 Å². The quantitative estimate of drug-likeness (QED) is 0.872. The first-order valence-electron chi connectivity index (χ1n) is 8.18. The smallest absolute Gasteiger partial charge is 0.226 e. The fourth-order valence-corrected chi connectivity index (χ4v) is 3.16. The van der Waals surface area contributed by atoms with Crippen molar-refractivity contribution in [1.82, 2.24) is 10.2 Å². The number of nitrogens with one attached hydrogen (secondary N) is 1. The summed E-state index contributed by atoms with van der Waals surface area (Å²) in [4.78, 5) is 14.3. The van der Waals surface area contributed by atoms with Gasteiger partial charge in [-0.1, -0.05) is 37.3 Å². The Kier molecular flexibility index (Phi) is 8.51. The van der Waals surface area contributed by atoms with E-state index in [0.717, 1.165) is 44.8 Å². The summed E-state index contributed by atoms with van der Waals surface area (Å²) in [5.74, 6) is 1.18. The van der Waals surface area contributed by atoms with Crippen LogP contribution < -0.4 is 5.32 Å². The monoisotopic (exact) mass is 324 g/mol. The van der Waals surface area contributed by atoms with Crippen molar-refractivity contribution in [2.45, 2.75) is 32.6 Å². The number of carbonyl (C=O) groups excluding carboxylic acids is 1. The van der Waals surface area contributed by atoms with Crippen molar-refractivity contribution in [3.63, 3.8) is 0 Å². The maximum Gasteiger partial charge on any atom is 0.226 e. The molecule has 4 heteroatoms. The van der Waals surface area contributed by atoms with Crippen LogP contribution in [-0.4, -0.2) is 37.5 Å². The highest BCUT2D eigenvalue weighted by atomic mass is 35.5. The van der Waals surface area contributed by atoms with Crippen molar-refractivity contribution in [3.8, 4) is 0 Å². The number of nitrogens with zero attached hydrogens (tertiary/aromatic N) is 1. The van der Waals surface area contributed by atoms with Crippen molar-refractivity contribution in [3.05, 3.63) is 35.9 Å². The number of amides is 1. The molecule has 2 rings (SSSR count). The number of carbonyl (C=O) groups is 1. The van der Waals surface area contributed by atoms with E-state index in [-0.39, 0.29) is 18.3 Å². The lowest BCUT2D eigenvalue weighted by Gasteiger charge is -2.33. The van der Waals surface area contributed by atoms with Gasteiger partial charge in [-0.2, -0.15) is 0 Å². The molecule has 0 aromatic heterocycles. The average molecular weight is 325 g/mol. The number of halogens is 1. The van der Waals surface area contributed by atoms with Gasteiger partial charge < -0.3 is 10.2 Å². The molecule has 124 valence electrons.